The Hall–Kier alpha value is -0.790. The molecule has 2 nitrogen and oxygen atoms in total. The maximum absolute atomic E-state index is 12.4. The van der Waals surface area contributed by atoms with Crippen LogP contribution in [0.2, 0.25) is 0 Å². The van der Waals surface area contributed by atoms with Crippen LogP contribution in [-0.2, 0) is 0 Å². The maximum atomic E-state index is 12.4. The molecule has 0 aliphatic rings. The quantitative estimate of drug-likeness (QED) is 0.740. The van der Waals surface area contributed by atoms with E-state index in [0.29, 0.717) is 12.0 Å². The molecule has 0 unspecified atom stereocenters. The summed E-state index contributed by atoms with van der Waals surface area (Å²) in [6, 6.07) is 6.56. The highest BCUT2D eigenvalue weighted by Crippen LogP contribution is 2.19. The van der Waals surface area contributed by atoms with Gasteiger partial charge in [0.15, 0.2) is 0 Å². The van der Waals surface area contributed by atoms with Gasteiger partial charge in [0.1, 0.15) is 6.54 Å². The van der Waals surface area contributed by atoms with Crippen LogP contribution in [-0.4, -0.2) is 30.1 Å². The molecule has 1 amide bonds. The lowest BCUT2D eigenvalue weighted by atomic mass is 10.2. The zero-order valence-electron chi connectivity index (χ0n) is 9.80. The van der Waals surface area contributed by atoms with Crippen molar-refractivity contribution < 1.29 is 18.0 Å². The molecule has 0 N–H and O–H groups in total. The zero-order valence-corrected chi connectivity index (χ0v) is 12.0. The summed E-state index contributed by atoms with van der Waals surface area (Å²) in [7, 11) is 0. The van der Waals surface area contributed by atoms with Gasteiger partial charge in [0.2, 0.25) is 0 Å². The van der Waals surface area contributed by atoms with Crippen molar-refractivity contribution in [1.29, 1.82) is 0 Å². The Morgan fingerprint density at radius 1 is 1.39 bits per heavy atom. The van der Waals surface area contributed by atoms with Crippen LogP contribution >= 0.6 is 22.6 Å². The number of rotatable bonds is 4. The summed E-state index contributed by atoms with van der Waals surface area (Å²) in [4.78, 5) is 12.8. The monoisotopic (exact) mass is 371 g/mol. The Bertz CT molecular complexity index is 420. The van der Waals surface area contributed by atoms with Gasteiger partial charge in [-0.15, -0.1) is 0 Å². The van der Waals surface area contributed by atoms with Gasteiger partial charge in [0.25, 0.3) is 5.91 Å². The molecule has 0 aromatic heterocycles. The van der Waals surface area contributed by atoms with Crippen molar-refractivity contribution in [3.8, 4) is 0 Å². The first-order valence-electron chi connectivity index (χ1n) is 5.45. The number of carbonyl (C=O) groups is 1. The van der Waals surface area contributed by atoms with Gasteiger partial charge < -0.3 is 4.90 Å². The van der Waals surface area contributed by atoms with Gasteiger partial charge >= 0.3 is 6.18 Å². The average Bonchev–Trinajstić information content (AvgIpc) is 2.26. The van der Waals surface area contributed by atoms with E-state index in [4.69, 9.17) is 0 Å². The minimum Gasteiger partial charge on any atom is -0.330 e. The molecule has 0 spiro atoms. The van der Waals surface area contributed by atoms with Gasteiger partial charge in [-0.1, -0.05) is 13.0 Å². The maximum Gasteiger partial charge on any atom is 0.406 e. The largest absolute Gasteiger partial charge is 0.406 e. The number of benzene rings is 1. The van der Waals surface area contributed by atoms with E-state index in [1.165, 1.54) is 6.07 Å². The van der Waals surface area contributed by atoms with Crippen molar-refractivity contribution in [3.05, 3.63) is 33.4 Å². The summed E-state index contributed by atoms with van der Waals surface area (Å²) in [5, 5.41) is 0. The van der Waals surface area contributed by atoms with Crippen LogP contribution in [0.25, 0.3) is 0 Å². The van der Waals surface area contributed by atoms with Gasteiger partial charge in [-0.2, -0.15) is 13.2 Å². The van der Waals surface area contributed by atoms with E-state index < -0.39 is 18.6 Å². The Morgan fingerprint density at radius 2 is 2.06 bits per heavy atom. The highest BCUT2D eigenvalue weighted by molar-refractivity contribution is 14.1. The molecule has 0 saturated carbocycles. The van der Waals surface area contributed by atoms with Crippen LogP contribution in [0, 0.1) is 3.57 Å². The Labute approximate surface area is 117 Å². The number of nitrogens with zero attached hydrogens (tertiary/aromatic N) is 1. The third-order valence-electron chi connectivity index (χ3n) is 2.22. The summed E-state index contributed by atoms with van der Waals surface area (Å²) in [5.74, 6) is -0.576. The first kappa shape index (κ1) is 15.3. The fourth-order valence-corrected chi connectivity index (χ4v) is 2.09. The topological polar surface area (TPSA) is 20.3 Å². The molecule has 6 heteroatoms. The van der Waals surface area contributed by atoms with Gasteiger partial charge in [0, 0.05) is 15.7 Å². The third kappa shape index (κ3) is 4.83. The minimum absolute atomic E-state index is 0.101. The average molecular weight is 371 g/mol. The fourth-order valence-electron chi connectivity index (χ4n) is 1.54. The molecule has 0 atom stereocenters. The molecule has 0 aliphatic carbocycles. The molecule has 18 heavy (non-hydrogen) atoms. The Balaban J connectivity index is 2.89. The molecular formula is C12H13F3INO. The van der Waals surface area contributed by atoms with E-state index in [9.17, 15) is 18.0 Å². The summed E-state index contributed by atoms with van der Waals surface area (Å²) >= 11 is 2.02. The second kappa shape index (κ2) is 6.40. The van der Waals surface area contributed by atoms with Crippen LogP contribution in [0.5, 0.6) is 0 Å². The van der Waals surface area contributed by atoms with E-state index in [1.807, 2.05) is 22.6 Å². The van der Waals surface area contributed by atoms with E-state index in [2.05, 4.69) is 0 Å². The van der Waals surface area contributed by atoms with Crippen molar-refractivity contribution in [3.63, 3.8) is 0 Å². The Morgan fingerprint density at radius 3 is 2.56 bits per heavy atom. The molecule has 0 fully saturated rings. The molecule has 1 rings (SSSR count). The highest BCUT2D eigenvalue weighted by Gasteiger charge is 2.32. The third-order valence-corrected chi connectivity index (χ3v) is 2.89. The first-order chi connectivity index (χ1) is 8.33. The number of alkyl halides is 3. The SMILES string of the molecule is CCCN(CC(F)(F)F)C(=O)c1cccc(I)c1. The number of hydrogen-bond acceptors (Lipinski definition) is 1. The van der Waals surface area contributed by atoms with E-state index in [0.717, 1.165) is 8.47 Å². The van der Waals surface area contributed by atoms with Gasteiger partial charge in [-0.3, -0.25) is 4.79 Å². The molecule has 1 aromatic carbocycles. The van der Waals surface area contributed by atoms with Crippen molar-refractivity contribution >= 4 is 28.5 Å². The predicted octanol–water partition coefficient (Wildman–Crippen LogP) is 3.71. The number of amides is 1. The molecular weight excluding hydrogens is 358 g/mol. The normalized spacial score (nSPS) is 11.4. The van der Waals surface area contributed by atoms with Gasteiger partial charge in [-0.25, -0.2) is 0 Å². The van der Waals surface area contributed by atoms with Gasteiger partial charge in [0.05, 0.1) is 0 Å². The van der Waals surface area contributed by atoms with E-state index in [-0.39, 0.29) is 6.54 Å². The molecule has 0 radical (unpaired) electrons. The Kier molecular flexibility index (Phi) is 5.43. The minimum atomic E-state index is -4.37. The summed E-state index contributed by atoms with van der Waals surface area (Å²) in [5.41, 5.74) is 0.291. The lowest BCUT2D eigenvalue weighted by Gasteiger charge is -2.23. The highest BCUT2D eigenvalue weighted by atomic mass is 127. The fraction of sp³-hybridized carbons (Fsp3) is 0.417. The first-order valence-corrected chi connectivity index (χ1v) is 6.53. The van der Waals surface area contributed by atoms with Crippen LogP contribution in [0.1, 0.15) is 23.7 Å². The van der Waals surface area contributed by atoms with Gasteiger partial charge in [-0.05, 0) is 47.2 Å². The standard InChI is InChI=1S/C12H13F3INO/c1-2-6-17(8-12(13,14)15)11(18)9-4-3-5-10(16)7-9/h3-5,7H,2,6,8H2,1H3. The number of carbonyl (C=O) groups excluding carboxylic acids is 1. The van der Waals surface area contributed by atoms with Crippen LogP contribution < -0.4 is 0 Å². The second-order valence-electron chi connectivity index (χ2n) is 3.85. The molecule has 100 valence electrons. The van der Waals surface area contributed by atoms with Crippen LogP contribution in [0.15, 0.2) is 24.3 Å². The molecule has 0 heterocycles. The van der Waals surface area contributed by atoms with Crippen molar-refractivity contribution in [2.24, 2.45) is 0 Å². The van der Waals surface area contributed by atoms with E-state index in [1.54, 1.807) is 25.1 Å². The summed E-state index contributed by atoms with van der Waals surface area (Å²) in [6.07, 6.45) is -3.88. The van der Waals surface area contributed by atoms with Crippen LogP contribution in [0.3, 0.4) is 0 Å². The van der Waals surface area contributed by atoms with Crippen molar-refractivity contribution in [2.75, 3.05) is 13.1 Å². The van der Waals surface area contributed by atoms with E-state index >= 15 is 0 Å². The summed E-state index contributed by atoms with van der Waals surface area (Å²) < 4.78 is 38.0. The zero-order chi connectivity index (χ0) is 13.8. The second-order valence-corrected chi connectivity index (χ2v) is 5.10. The molecule has 0 bridgehead atoms. The van der Waals surface area contributed by atoms with Crippen LogP contribution in [0.4, 0.5) is 13.2 Å². The lowest BCUT2D eigenvalue weighted by molar-refractivity contribution is -0.140. The molecule has 0 aliphatic heterocycles. The smallest absolute Gasteiger partial charge is 0.330 e. The molecule has 0 saturated heterocycles. The molecule has 1 aromatic rings. The summed E-state index contributed by atoms with van der Waals surface area (Å²) in [6.45, 7) is 0.639. The van der Waals surface area contributed by atoms with Crippen molar-refractivity contribution in [2.45, 2.75) is 19.5 Å². The number of halogens is 4. The predicted molar refractivity (Wildman–Crippen MR) is 71.4 cm³/mol. The number of hydrogen-bond donors (Lipinski definition) is 0. The lowest BCUT2D eigenvalue weighted by Crippen LogP contribution is -2.39. The van der Waals surface area contributed by atoms with Crippen molar-refractivity contribution in [1.82, 2.24) is 4.90 Å².